The van der Waals surface area contributed by atoms with E-state index in [1.165, 1.54) is 25.3 Å². The first-order chi connectivity index (χ1) is 11.0. The van der Waals surface area contributed by atoms with E-state index >= 15 is 0 Å². The number of nitrogens with one attached hydrogen (secondary N) is 1. The van der Waals surface area contributed by atoms with Crippen LogP contribution in [0.4, 0.5) is 11.4 Å². The van der Waals surface area contributed by atoms with Crippen molar-refractivity contribution in [3.63, 3.8) is 0 Å². The van der Waals surface area contributed by atoms with E-state index in [9.17, 15) is 14.9 Å². The molecule has 0 aliphatic carbocycles. The number of nitrogens with zero attached hydrogens (tertiary/aromatic N) is 1. The molecule has 0 saturated heterocycles. The van der Waals surface area contributed by atoms with E-state index in [1.807, 2.05) is 0 Å². The molecule has 0 radical (unpaired) electrons. The van der Waals surface area contributed by atoms with Crippen LogP contribution in [-0.4, -0.2) is 24.0 Å². The highest BCUT2D eigenvalue weighted by atomic mass is 16.6. The lowest BCUT2D eigenvalue weighted by atomic mass is 10.2. The van der Waals surface area contributed by atoms with Crippen LogP contribution in [0.2, 0.25) is 0 Å². The zero-order valence-corrected chi connectivity index (χ0v) is 12.7. The van der Waals surface area contributed by atoms with Crippen LogP contribution in [0.3, 0.4) is 0 Å². The molecule has 0 spiro atoms. The molecule has 0 bridgehead atoms. The van der Waals surface area contributed by atoms with Gasteiger partial charge in [0.15, 0.2) is 6.10 Å². The molecular weight excluding hydrogens is 300 g/mol. The van der Waals surface area contributed by atoms with Crippen LogP contribution in [0, 0.1) is 10.1 Å². The molecule has 23 heavy (non-hydrogen) atoms. The second kappa shape index (κ2) is 7.26. The fourth-order valence-electron chi connectivity index (χ4n) is 1.87. The van der Waals surface area contributed by atoms with Crippen LogP contribution in [-0.2, 0) is 4.79 Å². The Balaban J connectivity index is 2.02. The van der Waals surface area contributed by atoms with Gasteiger partial charge in [-0.1, -0.05) is 12.1 Å². The van der Waals surface area contributed by atoms with Gasteiger partial charge in [0.05, 0.1) is 12.0 Å². The highest BCUT2D eigenvalue weighted by Gasteiger charge is 2.16. The van der Waals surface area contributed by atoms with Crippen LogP contribution >= 0.6 is 0 Å². The number of methoxy groups -OCH3 is 1. The van der Waals surface area contributed by atoms with Gasteiger partial charge in [-0.15, -0.1) is 0 Å². The molecule has 2 rings (SSSR count). The number of hydrogen-bond donors (Lipinski definition) is 1. The number of nitro benzene ring substituents is 1. The van der Waals surface area contributed by atoms with Crippen molar-refractivity contribution in [2.24, 2.45) is 0 Å². The van der Waals surface area contributed by atoms with Crippen molar-refractivity contribution in [1.82, 2.24) is 0 Å². The van der Waals surface area contributed by atoms with E-state index in [1.54, 1.807) is 37.3 Å². The summed E-state index contributed by atoms with van der Waals surface area (Å²) in [5.74, 6) is 0.702. The number of nitro groups is 1. The van der Waals surface area contributed by atoms with E-state index in [4.69, 9.17) is 9.47 Å². The van der Waals surface area contributed by atoms with Gasteiger partial charge in [0.1, 0.15) is 11.5 Å². The number of carbonyl (C=O) groups excluding carboxylic acids is 1. The molecule has 0 saturated carbocycles. The zero-order valence-electron chi connectivity index (χ0n) is 12.7. The molecule has 1 amide bonds. The van der Waals surface area contributed by atoms with Crippen LogP contribution in [0.15, 0.2) is 48.5 Å². The molecule has 7 nitrogen and oxygen atoms in total. The maximum Gasteiger partial charge on any atom is 0.271 e. The highest BCUT2D eigenvalue weighted by molar-refractivity contribution is 5.94. The number of benzene rings is 2. The van der Waals surface area contributed by atoms with Crippen molar-refractivity contribution in [3.05, 3.63) is 58.6 Å². The van der Waals surface area contributed by atoms with E-state index in [-0.39, 0.29) is 5.69 Å². The first-order valence-corrected chi connectivity index (χ1v) is 6.85. The summed E-state index contributed by atoms with van der Waals surface area (Å²) in [5, 5.41) is 13.3. The molecule has 120 valence electrons. The SMILES string of the molecule is COc1cccc(OC(C)C(=O)Nc2cccc([N+](=O)[O-])c2)c1. The van der Waals surface area contributed by atoms with Crippen molar-refractivity contribution in [3.8, 4) is 11.5 Å². The fourth-order valence-corrected chi connectivity index (χ4v) is 1.87. The minimum absolute atomic E-state index is 0.0934. The first kappa shape index (κ1) is 16.3. The zero-order chi connectivity index (χ0) is 16.8. The van der Waals surface area contributed by atoms with Gasteiger partial charge in [-0.3, -0.25) is 14.9 Å². The third-order valence-corrected chi connectivity index (χ3v) is 3.05. The summed E-state index contributed by atoms with van der Waals surface area (Å²) >= 11 is 0. The van der Waals surface area contributed by atoms with E-state index in [0.717, 1.165) is 0 Å². The fraction of sp³-hybridized carbons (Fsp3) is 0.188. The van der Waals surface area contributed by atoms with Gasteiger partial charge in [0.2, 0.25) is 0 Å². The van der Waals surface area contributed by atoms with Crippen molar-refractivity contribution in [2.75, 3.05) is 12.4 Å². The Kier molecular flexibility index (Phi) is 5.14. The molecule has 1 atom stereocenters. The molecule has 0 aliphatic heterocycles. The summed E-state index contributed by atoms with van der Waals surface area (Å²) < 4.78 is 10.6. The Labute approximate surface area is 133 Å². The van der Waals surface area contributed by atoms with Gasteiger partial charge < -0.3 is 14.8 Å². The molecule has 2 aromatic rings. The lowest BCUT2D eigenvalue weighted by Crippen LogP contribution is -2.30. The Morgan fingerprint density at radius 2 is 1.87 bits per heavy atom. The Morgan fingerprint density at radius 3 is 2.57 bits per heavy atom. The molecular formula is C16H16N2O5. The number of carbonyl (C=O) groups is 1. The molecule has 0 aromatic heterocycles. The van der Waals surface area contributed by atoms with Crippen molar-refractivity contribution < 1.29 is 19.2 Å². The molecule has 1 unspecified atom stereocenters. The largest absolute Gasteiger partial charge is 0.497 e. The smallest absolute Gasteiger partial charge is 0.271 e. The van der Waals surface area contributed by atoms with E-state index in [2.05, 4.69) is 5.32 Å². The second-order valence-electron chi connectivity index (χ2n) is 4.74. The average molecular weight is 316 g/mol. The summed E-state index contributed by atoms with van der Waals surface area (Å²) in [7, 11) is 1.54. The summed E-state index contributed by atoms with van der Waals surface area (Å²) in [6.07, 6.45) is -0.777. The minimum Gasteiger partial charge on any atom is -0.497 e. The molecule has 1 N–H and O–H groups in total. The third-order valence-electron chi connectivity index (χ3n) is 3.05. The van der Waals surface area contributed by atoms with Crippen LogP contribution in [0.25, 0.3) is 0 Å². The van der Waals surface area contributed by atoms with Crippen molar-refractivity contribution in [1.29, 1.82) is 0 Å². The molecule has 2 aromatic carbocycles. The van der Waals surface area contributed by atoms with Crippen LogP contribution in [0.5, 0.6) is 11.5 Å². The maximum atomic E-state index is 12.1. The van der Waals surface area contributed by atoms with Gasteiger partial charge in [0, 0.05) is 23.9 Å². The molecule has 0 aliphatic rings. The van der Waals surface area contributed by atoms with Gasteiger partial charge in [0.25, 0.3) is 11.6 Å². The normalized spacial score (nSPS) is 11.4. The molecule has 7 heteroatoms. The minimum atomic E-state index is -0.777. The van der Waals surface area contributed by atoms with Gasteiger partial charge >= 0.3 is 0 Å². The Morgan fingerprint density at radius 1 is 1.17 bits per heavy atom. The van der Waals surface area contributed by atoms with E-state index < -0.39 is 16.9 Å². The molecule has 0 fully saturated rings. The average Bonchev–Trinajstić information content (AvgIpc) is 2.55. The van der Waals surface area contributed by atoms with E-state index in [0.29, 0.717) is 17.2 Å². The highest BCUT2D eigenvalue weighted by Crippen LogP contribution is 2.21. The van der Waals surface area contributed by atoms with Crippen LogP contribution in [0.1, 0.15) is 6.92 Å². The summed E-state index contributed by atoms with van der Waals surface area (Å²) in [5.41, 5.74) is 0.245. The van der Waals surface area contributed by atoms with Gasteiger partial charge in [-0.25, -0.2) is 0 Å². The summed E-state index contributed by atoms with van der Waals surface area (Å²) in [4.78, 5) is 22.3. The quantitative estimate of drug-likeness (QED) is 0.653. The summed E-state index contributed by atoms with van der Waals surface area (Å²) in [6, 6.07) is 12.6. The number of ether oxygens (including phenoxy) is 2. The number of amides is 1. The number of rotatable bonds is 6. The topological polar surface area (TPSA) is 90.7 Å². The molecule has 0 heterocycles. The summed E-state index contributed by atoms with van der Waals surface area (Å²) in [6.45, 7) is 1.59. The standard InChI is InChI=1S/C16H16N2O5/c1-11(23-15-8-4-7-14(10-15)22-2)16(19)17-12-5-3-6-13(9-12)18(20)21/h3-11H,1-2H3,(H,17,19). The van der Waals surface area contributed by atoms with Crippen LogP contribution < -0.4 is 14.8 Å². The monoisotopic (exact) mass is 316 g/mol. The number of anilines is 1. The van der Waals surface area contributed by atoms with Crippen molar-refractivity contribution >= 4 is 17.3 Å². The first-order valence-electron chi connectivity index (χ1n) is 6.85. The predicted octanol–water partition coefficient (Wildman–Crippen LogP) is 3.01. The number of non-ortho nitro benzene ring substituents is 1. The van der Waals surface area contributed by atoms with Gasteiger partial charge in [-0.2, -0.15) is 0 Å². The lowest BCUT2D eigenvalue weighted by Gasteiger charge is -2.15. The Bertz CT molecular complexity index is 717. The Hall–Kier alpha value is -3.09. The van der Waals surface area contributed by atoms with Gasteiger partial charge in [-0.05, 0) is 25.1 Å². The third kappa shape index (κ3) is 4.44. The maximum absolute atomic E-state index is 12.1. The second-order valence-corrected chi connectivity index (χ2v) is 4.74. The predicted molar refractivity (Wildman–Crippen MR) is 84.8 cm³/mol. The van der Waals surface area contributed by atoms with Crippen molar-refractivity contribution in [2.45, 2.75) is 13.0 Å². The number of hydrogen-bond acceptors (Lipinski definition) is 5. The lowest BCUT2D eigenvalue weighted by molar-refractivity contribution is -0.384.